The molecule has 0 fully saturated rings. The fourth-order valence-electron chi connectivity index (χ4n) is 1.51. The van der Waals surface area contributed by atoms with Gasteiger partial charge >= 0.3 is 0 Å². The smallest absolute Gasteiger partial charge is 0.159 e. The first kappa shape index (κ1) is 9.34. The van der Waals surface area contributed by atoms with Gasteiger partial charge in [-0.05, 0) is 26.0 Å². The van der Waals surface area contributed by atoms with Crippen molar-refractivity contribution in [2.24, 2.45) is 0 Å². The van der Waals surface area contributed by atoms with Crippen molar-refractivity contribution in [3.05, 3.63) is 23.4 Å². The predicted octanol–water partition coefficient (Wildman–Crippen LogP) is 2.98. The topological polar surface area (TPSA) is 38.0 Å². The summed E-state index contributed by atoms with van der Waals surface area (Å²) in [7, 11) is 0. The summed E-state index contributed by atoms with van der Waals surface area (Å²) < 4.78 is 1.73. The quantitative estimate of drug-likeness (QED) is 0.786. The van der Waals surface area contributed by atoms with E-state index in [4.69, 9.17) is 11.6 Å². The largest absolute Gasteiger partial charge is 0.506 e. The third-order valence-corrected chi connectivity index (χ3v) is 2.43. The Morgan fingerprint density at radius 2 is 2.14 bits per heavy atom. The van der Waals surface area contributed by atoms with Gasteiger partial charge in [0.15, 0.2) is 5.15 Å². The molecular formula is C10H11ClN2O. The number of hydrogen-bond donors (Lipinski definition) is 1. The zero-order valence-corrected chi connectivity index (χ0v) is 8.78. The summed E-state index contributed by atoms with van der Waals surface area (Å²) in [6.45, 7) is 3.99. The van der Waals surface area contributed by atoms with Crippen LogP contribution in [0.1, 0.15) is 19.9 Å². The van der Waals surface area contributed by atoms with Crippen molar-refractivity contribution >= 4 is 22.5 Å². The highest BCUT2D eigenvalue weighted by molar-refractivity contribution is 6.34. The highest BCUT2D eigenvalue weighted by Gasteiger charge is 2.13. The van der Waals surface area contributed by atoms with Crippen molar-refractivity contribution in [2.75, 3.05) is 0 Å². The van der Waals surface area contributed by atoms with Gasteiger partial charge in [-0.25, -0.2) is 0 Å². The van der Waals surface area contributed by atoms with Crippen molar-refractivity contribution in [1.29, 1.82) is 0 Å². The van der Waals surface area contributed by atoms with E-state index in [1.807, 2.05) is 19.9 Å². The molecule has 0 saturated carbocycles. The standard InChI is InChI=1S/C10H11ClN2O/c1-6(2)13-9-7(10(11)12-13)4-3-5-8(9)14/h3-6,14H,1-2H3. The third-order valence-electron chi connectivity index (χ3n) is 2.15. The molecule has 1 N–H and O–H groups in total. The second-order valence-electron chi connectivity index (χ2n) is 3.50. The molecule has 0 saturated heterocycles. The van der Waals surface area contributed by atoms with Gasteiger partial charge < -0.3 is 5.11 Å². The molecule has 0 unspecified atom stereocenters. The lowest BCUT2D eigenvalue weighted by atomic mass is 10.2. The van der Waals surface area contributed by atoms with Crippen molar-refractivity contribution in [1.82, 2.24) is 9.78 Å². The van der Waals surface area contributed by atoms with Gasteiger partial charge in [0.1, 0.15) is 11.3 Å². The molecule has 0 spiro atoms. The fourth-order valence-corrected chi connectivity index (χ4v) is 1.74. The van der Waals surface area contributed by atoms with Crippen LogP contribution in [-0.2, 0) is 0 Å². The number of aromatic hydroxyl groups is 1. The highest BCUT2D eigenvalue weighted by atomic mass is 35.5. The summed E-state index contributed by atoms with van der Waals surface area (Å²) in [5.41, 5.74) is 0.701. The Labute approximate surface area is 86.9 Å². The first-order valence-corrected chi connectivity index (χ1v) is 4.84. The van der Waals surface area contributed by atoms with Gasteiger partial charge in [0, 0.05) is 11.4 Å². The molecule has 0 atom stereocenters. The zero-order valence-electron chi connectivity index (χ0n) is 8.03. The van der Waals surface area contributed by atoms with Gasteiger partial charge in [-0.2, -0.15) is 5.10 Å². The minimum absolute atomic E-state index is 0.179. The molecule has 4 heteroatoms. The van der Waals surface area contributed by atoms with Crippen LogP contribution in [0.2, 0.25) is 5.15 Å². The number of nitrogens with zero attached hydrogens (tertiary/aromatic N) is 2. The van der Waals surface area contributed by atoms with Crippen LogP contribution in [-0.4, -0.2) is 14.9 Å². The normalized spacial score (nSPS) is 11.4. The fraction of sp³-hybridized carbons (Fsp3) is 0.300. The molecule has 0 bridgehead atoms. The number of hydrogen-bond acceptors (Lipinski definition) is 2. The van der Waals surface area contributed by atoms with Gasteiger partial charge in [-0.15, -0.1) is 0 Å². The molecule has 14 heavy (non-hydrogen) atoms. The van der Waals surface area contributed by atoms with Crippen molar-refractivity contribution in [3.63, 3.8) is 0 Å². The molecule has 0 amide bonds. The number of phenolic OH excluding ortho intramolecular Hbond substituents is 1. The molecule has 0 aliphatic carbocycles. The van der Waals surface area contributed by atoms with Crippen LogP contribution >= 0.6 is 11.6 Å². The molecule has 74 valence electrons. The van der Waals surface area contributed by atoms with Gasteiger partial charge in [0.05, 0.1) is 0 Å². The molecule has 2 rings (SSSR count). The van der Waals surface area contributed by atoms with E-state index >= 15 is 0 Å². The molecule has 1 aromatic heterocycles. The van der Waals surface area contributed by atoms with E-state index in [0.29, 0.717) is 10.7 Å². The number of halogens is 1. The summed E-state index contributed by atoms with van der Waals surface area (Å²) in [5.74, 6) is 0.218. The molecule has 0 aliphatic heterocycles. The van der Waals surface area contributed by atoms with Crippen LogP contribution < -0.4 is 0 Å². The van der Waals surface area contributed by atoms with Crippen LogP contribution in [0.3, 0.4) is 0 Å². The number of phenols is 1. The monoisotopic (exact) mass is 210 g/mol. The van der Waals surface area contributed by atoms with E-state index in [0.717, 1.165) is 5.39 Å². The summed E-state index contributed by atoms with van der Waals surface area (Å²) in [5, 5.41) is 15.1. The van der Waals surface area contributed by atoms with Crippen molar-refractivity contribution in [2.45, 2.75) is 19.9 Å². The first-order valence-electron chi connectivity index (χ1n) is 4.47. The summed E-state index contributed by atoms with van der Waals surface area (Å²) in [6, 6.07) is 5.43. The summed E-state index contributed by atoms with van der Waals surface area (Å²) in [4.78, 5) is 0. The summed E-state index contributed by atoms with van der Waals surface area (Å²) in [6.07, 6.45) is 0. The highest BCUT2D eigenvalue weighted by Crippen LogP contribution is 2.31. The van der Waals surface area contributed by atoms with Gasteiger partial charge in [-0.3, -0.25) is 4.68 Å². The second-order valence-corrected chi connectivity index (χ2v) is 3.86. The molecule has 1 aromatic carbocycles. The Kier molecular flexibility index (Phi) is 2.11. The van der Waals surface area contributed by atoms with E-state index in [1.54, 1.807) is 16.8 Å². The molecule has 0 aliphatic rings. The van der Waals surface area contributed by atoms with Crippen LogP contribution in [0, 0.1) is 0 Å². The van der Waals surface area contributed by atoms with E-state index < -0.39 is 0 Å². The first-order chi connectivity index (χ1) is 6.61. The Morgan fingerprint density at radius 1 is 1.43 bits per heavy atom. The number of benzene rings is 1. The minimum Gasteiger partial charge on any atom is -0.506 e. The van der Waals surface area contributed by atoms with Crippen LogP contribution in [0.5, 0.6) is 5.75 Å². The molecule has 0 radical (unpaired) electrons. The SMILES string of the molecule is CC(C)n1nc(Cl)c2cccc(O)c21. The van der Waals surface area contributed by atoms with E-state index in [9.17, 15) is 5.11 Å². The zero-order chi connectivity index (χ0) is 10.3. The number of para-hydroxylation sites is 1. The Morgan fingerprint density at radius 3 is 2.79 bits per heavy atom. The van der Waals surface area contributed by atoms with Crippen LogP contribution in [0.15, 0.2) is 18.2 Å². The number of rotatable bonds is 1. The predicted molar refractivity (Wildman–Crippen MR) is 56.8 cm³/mol. The number of aromatic nitrogens is 2. The minimum atomic E-state index is 0.179. The average molecular weight is 211 g/mol. The van der Waals surface area contributed by atoms with E-state index in [-0.39, 0.29) is 11.8 Å². The third kappa shape index (κ3) is 1.24. The second kappa shape index (κ2) is 3.17. The Bertz CT molecular complexity index is 476. The lowest BCUT2D eigenvalue weighted by Crippen LogP contribution is -2.02. The van der Waals surface area contributed by atoms with Gasteiger partial charge in [-0.1, -0.05) is 17.7 Å². The molecule has 3 nitrogen and oxygen atoms in total. The Hall–Kier alpha value is -1.22. The van der Waals surface area contributed by atoms with Crippen LogP contribution in [0.25, 0.3) is 10.9 Å². The Balaban J connectivity index is 2.86. The molecule has 2 aromatic rings. The van der Waals surface area contributed by atoms with Crippen molar-refractivity contribution < 1.29 is 5.11 Å². The van der Waals surface area contributed by atoms with Crippen LogP contribution in [0.4, 0.5) is 0 Å². The van der Waals surface area contributed by atoms with Gasteiger partial charge in [0.25, 0.3) is 0 Å². The lowest BCUT2D eigenvalue weighted by Gasteiger charge is -2.07. The number of fused-ring (bicyclic) bond motifs is 1. The van der Waals surface area contributed by atoms with E-state index in [2.05, 4.69) is 5.10 Å². The lowest BCUT2D eigenvalue weighted by molar-refractivity contribution is 0.469. The van der Waals surface area contributed by atoms with Crippen molar-refractivity contribution in [3.8, 4) is 5.75 Å². The maximum Gasteiger partial charge on any atom is 0.159 e. The average Bonchev–Trinajstić information content (AvgIpc) is 2.46. The van der Waals surface area contributed by atoms with E-state index in [1.165, 1.54) is 0 Å². The maximum atomic E-state index is 9.69. The van der Waals surface area contributed by atoms with Gasteiger partial charge in [0.2, 0.25) is 0 Å². The molecular weight excluding hydrogens is 200 g/mol. The molecule has 1 heterocycles. The summed E-state index contributed by atoms with van der Waals surface area (Å²) >= 11 is 5.95. The maximum absolute atomic E-state index is 9.69.